The second kappa shape index (κ2) is 12.7. The Balaban J connectivity index is 3.27. The summed E-state index contributed by atoms with van der Waals surface area (Å²) in [5, 5.41) is 9.75. The van der Waals surface area contributed by atoms with Crippen molar-refractivity contribution in [3.8, 4) is 0 Å². The van der Waals surface area contributed by atoms with E-state index < -0.39 is 6.10 Å². The summed E-state index contributed by atoms with van der Waals surface area (Å²) in [4.78, 5) is 11.5. The molecule has 2 heteroatoms. The number of carbonyl (C=O) groups is 1. The Labute approximate surface area is 120 Å². The standard InChI is InChI=1S/C17H34O2/c1-4-5-6-7-8-9-10-11-12-13-16(18)14-17(19)15(2)3/h15-16,18H,4-14H2,1-3H3/t16-/m0/s1. The average molecular weight is 270 g/mol. The minimum absolute atomic E-state index is 0.0535. The van der Waals surface area contributed by atoms with Gasteiger partial charge in [0.2, 0.25) is 0 Å². The van der Waals surface area contributed by atoms with Crippen molar-refractivity contribution in [1.82, 2.24) is 0 Å². The van der Waals surface area contributed by atoms with Gasteiger partial charge in [-0.05, 0) is 6.42 Å². The SMILES string of the molecule is CCCCCCCCCCC[C@H](O)CC(=O)C(C)C. The van der Waals surface area contributed by atoms with E-state index >= 15 is 0 Å². The van der Waals surface area contributed by atoms with E-state index in [1.165, 1.54) is 51.4 Å². The molecule has 19 heavy (non-hydrogen) atoms. The van der Waals surface area contributed by atoms with Crippen LogP contribution in [-0.2, 0) is 4.79 Å². The van der Waals surface area contributed by atoms with Crippen LogP contribution in [0.1, 0.15) is 91.4 Å². The van der Waals surface area contributed by atoms with Crippen molar-refractivity contribution >= 4 is 5.78 Å². The summed E-state index contributed by atoms with van der Waals surface area (Å²) in [7, 11) is 0. The third-order valence-electron chi connectivity index (χ3n) is 3.72. The van der Waals surface area contributed by atoms with Gasteiger partial charge in [0, 0.05) is 12.3 Å². The van der Waals surface area contributed by atoms with Crippen LogP contribution in [0.5, 0.6) is 0 Å². The summed E-state index contributed by atoms with van der Waals surface area (Å²) < 4.78 is 0. The molecule has 0 amide bonds. The molecule has 1 N–H and O–H groups in total. The monoisotopic (exact) mass is 270 g/mol. The van der Waals surface area contributed by atoms with E-state index in [9.17, 15) is 9.90 Å². The van der Waals surface area contributed by atoms with Gasteiger partial charge in [0.05, 0.1) is 6.10 Å². The predicted molar refractivity (Wildman–Crippen MR) is 82.3 cm³/mol. The molecule has 0 spiro atoms. The summed E-state index contributed by atoms with van der Waals surface area (Å²) in [6.07, 6.45) is 12.4. The summed E-state index contributed by atoms with van der Waals surface area (Å²) >= 11 is 0. The number of Topliss-reactive ketones (excluding diaryl/α,β-unsaturated/α-hetero) is 1. The fourth-order valence-electron chi connectivity index (χ4n) is 2.26. The topological polar surface area (TPSA) is 37.3 Å². The second-order valence-electron chi connectivity index (χ2n) is 6.10. The fraction of sp³-hybridized carbons (Fsp3) is 0.941. The van der Waals surface area contributed by atoms with Crippen molar-refractivity contribution in [1.29, 1.82) is 0 Å². The van der Waals surface area contributed by atoms with Gasteiger partial charge in [-0.1, -0.05) is 78.6 Å². The summed E-state index contributed by atoms with van der Waals surface area (Å²) in [5.41, 5.74) is 0. The van der Waals surface area contributed by atoms with E-state index in [1.54, 1.807) is 0 Å². The highest BCUT2D eigenvalue weighted by molar-refractivity contribution is 5.80. The zero-order chi connectivity index (χ0) is 14.5. The van der Waals surface area contributed by atoms with Crippen LogP contribution >= 0.6 is 0 Å². The lowest BCUT2D eigenvalue weighted by Crippen LogP contribution is -2.17. The zero-order valence-corrected chi connectivity index (χ0v) is 13.3. The average Bonchev–Trinajstić information content (AvgIpc) is 2.36. The molecule has 0 fully saturated rings. The van der Waals surface area contributed by atoms with Crippen molar-refractivity contribution in [2.24, 2.45) is 5.92 Å². The lowest BCUT2D eigenvalue weighted by molar-refractivity contribution is -0.123. The van der Waals surface area contributed by atoms with Crippen molar-refractivity contribution in [3.63, 3.8) is 0 Å². The van der Waals surface area contributed by atoms with Gasteiger partial charge in [-0.25, -0.2) is 0 Å². The van der Waals surface area contributed by atoms with Gasteiger partial charge in [0.15, 0.2) is 0 Å². The molecule has 0 aliphatic carbocycles. The van der Waals surface area contributed by atoms with E-state index in [1.807, 2.05) is 13.8 Å². The van der Waals surface area contributed by atoms with E-state index in [-0.39, 0.29) is 11.7 Å². The first-order valence-electron chi connectivity index (χ1n) is 8.28. The number of rotatable bonds is 13. The van der Waals surface area contributed by atoms with Crippen LogP contribution in [-0.4, -0.2) is 17.0 Å². The summed E-state index contributed by atoms with van der Waals surface area (Å²) in [5.74, 6) is 0.237. The molecule has 0 aromatic heterocycles. The van der Waals surface area contributed by atoms with E-state index in [2.05, 4.69) is 6.92 Å². The Morgan fingerprint density at radius 1 is 0.895 bits per heavy atom. The van der Waals surface area contributed by atoms with Gasteiger partial charge in [-0.15, -0.1) is 0 Å². The highest BCUT2D eigenvalue weighted by Crippen LogP contribution is 2.13. The first kappa shape index (κ1) is 18.6. The minimum Gasteiger partial charge on any atom is -0.393 e. The van der Waals surface area contributed by atoms with Crippen LogP contribution in [0.3, 0.4) is 0 Å². The van der Waals surface area contributed by atoms with Crippen molar-refractivity contribution in [2.45, 2.75) is 97.5 Å². The number of hydrogen-bond donors (Lipinski definition) is 1. The lowest BCUT2D eigenvalue weighted by Gasteiger charge is -2.11. The molecular weight excluding hydrogens is 236 g/mol. The molecule has 0 saturated carbocycles. The van der Waals surface area contributed by atoms with Crippen LogP contribution in [0.25, 0.3) is 0 Å². The number of ketones is 1. The normalized spacial score (nSPS) is 12.9. The maximum Gasteiger partial charge on any atom is 0.137 e. The van der Waals surface area contributed by atoms with Crippen molar-refractivity contribution in [3.05, 3.63) is 0 Å². The quantitative estimate of drug-likeness (QED) is 0.484. The Hall–Kier alpha value is -0.370. The Morgan fingerprint density at radius 2 is 1.37 bits per heavy atom. The lowest BCUT2D eigenvalue weighted by atomic mass is 9.99. The molecule has 0 aliphatic rings. The molecule has 2 nitrogen and oxygen atoms in total. The fourth-order valence-corrected chi connectivity index (χ4v) is 2.26. The van der Waals surface area contributed by atoms with Gasteiger partial charge in [-0.2, -0.15) is 0 Å². The predicted octanol–water partition coefficient (Wildman–Crippen LogP) is 4.88. The molecule has 114 valence electrons. The first-order chi connectivity index (χ1) is 9.07. The molecule has 1 atom stereocenters. The van der Waals surface area contributed by atoms with Crippen molar-refractivity contribution < 1.29 is 9.90 Å². The Morgan fingerprint density at radius 3 is 1.84 bits per heavy atom. The third-order valence-corrected chi connectivity index (χ3v) is 3.72. The summed E-state index contributed by atoms with van der Waals surface area (Å²) in [6.45, 7) is 6.04. The first-order valence-corrected chi connectivity index (χ1v) is 8.28. The molecule has 0 aliphatic heterocycles. The number of hydrogen-bond acceptors (Lipinski definition) is 2. The molecule has 0 aromatic rings. The van der Waals surface area contributed by atoms with Crippen molar-refractivity contribution in [2.75, 3.05) is 0 Å². The van der Waals surface area contributed by atoms with Crippen LogP contribution in [0.2, 0.25) is 0 Å². The van der Waals surface area contributed by atoms with Crippen LogP contribution in [0.4, 0.5) is 0 Å². The van der Waals surface area contributed by atoms with Crippen LogP contribution in [0, 0.1) is 5.92 Å². The minimum atomic E-state index is -0.417. The maximum absolute atomic E-state index is 11.5. The van der Waals surface area contributed by atoms with Crippen LogP contribution in [0.15, 0.2) is 0 Å². The molecular formula is C17H34O2. The van der Waals surface area contributed by atoms with E-state index in [0.717, 1.165) is 12.8 Å². The van der Waals surface area contributed by atoms with E-state index in [4.69, 9.17) is 0 Å². The molecule has 0 radical (unpaired) electrons. The van der Waals surface area contributed by atoms with Gasteiger partial charge in [0.1, 0.15) is 5.78 Å². The molecule has 0 bridgehead atoms. The molecule has 0 unspecified atom stereocenters. The smallest absolute Gasteiger partial charge is 0.137 e. The number of carbonyl (C=O) groups excluding carboxylic acids is 1. The number of aliphatic hydroxyl groups excluding tert-OH is 1. The maximum atomic E-state index is 11.5. The number of aliphatic hydroxyl groups is 1. The highest BCUT2D eigenvalue weighted by atomic mass is 16.3. The molecule has 0 aromatic carbocycles. The van der Waals surface area contributed by atoms with Crippen LogP contribution < -0.4 is 0 Å². The third kappa shape index (κ3) is 12.4. The molecule has 0 saturated heterocycles. The zero-order valence-electron chi connectivity index (χ0n) is 13.3. The van der Waals surface area contributed by atoms with Gasteiger partial charge in [-0.3, -0.25) is 4.79 Å². The second-order valence-corrected chi connectivity index (χ2v) is 6.10. The highest BCUT2D eigenvalue weighted by Gasteiger charge is 2.13. The Bertz CT molecular complexity index is 211. The Kier molecular flexibility index (Phi) is 12.4. The molecule has 0 heterocycles. The van der Waals surface area contributed by atoms with Gasteiger partial charge in [0.25, 0.3) is 0 Å². The van der Waals surface area contributed by atoms with Gasteiger partial charge >= 0.3 is 0 Å². The largest absolute Gasteiger partial charge is 0.393 e. The molecule has 0 rings (SSSR count). The summed E-state index contributed by atoms with van der Waals surface area (Å²) in [6, 6.07) is 0. The van der Waals surface area contributed by atoms with E-state index in [0.29, 0.717) is 6.42 Å². The number of unbranched alkanes of at least 4 members (excludes halogenated alkanes) is 8. The van der Waals surface area contributed by atoms with Gasteiger partial charge < -0.3 is 5.11 Å².